The van der Waals surface area contributed by atoms with Crippen molar-refractivity contribution in [2.24, 2.45) is 5.16 Å². The van der Waals surface area contributed by atoms with Crippen LogP contribution in [0.1, 0.15) is 19.3 Å². The van der Waals surface area contributed by atoms with Gasteiger partial charge in [-0.25, -0.2) is 0 Å². The lowest BCUT2D eigenvalue weighted by Gasteiger charge is -2.01. The Morgan fingerprint density at radius 3 is 3.22 bits per heavy atom. The van der Waals surface area contributed by atoms with Crippen molar-refractivity contribution in [2.45, 2.75) is 25.4 Å². The number of hydrogen-bond acceptors (Lipinski definition) is 3. The van der Waals surface area contributed by atoms with E-state index in [2.05, 4.69) is 5.16 Å². The standard InChI is InChI=1S/C6H11NO2/c8-7-4-3-6-2-1-5-9-6/h4,6,8H,1-3,5H2/b7-4-. The molecule has 0 amide bonds. The van der Waals surface area contributed by atoms with Crippen LogP contribution in [0.3, 0.4) is 0 Å². The van der Waals surface area contributed by atoms with Crippen LogP contribution < -0.4 is 0 Å². The average molecular weight is 129 g/mol. The van der Waals surface area contributed by atoms with Gasteiger partial charge < -0.3 is 9.94 Å². The highest BCUT2D eigenvalue weighted by Gasteiger charge is 2.13. The van der Waals surface area contributed by atoms with Crippen LogP contribution in [-0.2, 0) is 4.74 Å². The molecule has 1 heterocycles. The van der Waals surface area contributed by atoms with Crippen LogP contribution in [0.2, 0.25) is 0 Å². The van der Waals surface area contributed by atoms with E-state index in [1.54, 1.807) is 0 Å². The molecule has 0 aromatic carbocycles. The van der Waals surface area contributed by atoms with E-state index in [1.807, 2.05) is 0 Å². The second-order valence-electron chi connectivity index (χ2n) is 2.17. The smallest absolute Gasteiger partial charge is 0.0626 e. The maximum Gasteiger partial charge on any atom is 0.0626 e. The van der Waals surface area contributed by atoms with E-state index in [9.17, 15) is 0 Å². The Labute approximate surface area is 54.3 Å². The van der Waals surface area contributed by atoms with Gasteiger partial charge in [0.1, 0.15) is 0 Å². The van der Waals surface area contributed by atoms with Crippen molar-refractivity contribution in [1.29, 1.82) is 0 Å². The molecule has 52 valence electrons. The quantitative estimate of drug-likeness (QED) is 0.343. The van der Waals surface area contributed by atoms with Crippen molar-refractivity contribution in [2.75, 3.05) is 6.61 Å². The number of oxime groups is 1. The Morgan fingerprint density at radius 1 is 1.78 bits per heavy atom. The SMILES string of the molecule is O/N=C\CC1CCCO1. The van der Waals surface area contributed by atoms with Crippen molar-refractivity contribution >= 4 is 6.21 Å². The first-order chi connectivity index (χ1) is 4.43. The molecule has 0 aromatic heterocycles. The first-order valence-electron chi connectivity index (χ1n) is 3.21. The minimum Gasteiger partial charge on any atom is -0.411 e. The normalized spacial score (nSPS) is 27.8. The summed E-state index contributed by atoms with van der Waals surface area (Å²) < 4.78 is 5.25. The van der Waals surface area contributed by atoms with Crippen molar-refractivity contribution in [3.63, 3.8) is 0 Å². The van der Waals surface area contributed by atoms with E-state index < -0.39 is 0 Å². The first kappa shape index (κ1) is 6.55. The highest BCUT2D eigenvalue weighted by molar-refractivity contribution is 5.56. The zero-order chi connectivity index (χ0) is 6.53. The van der Waals surface area contributed by atoms with E-state index >= 15 is 0 Å². The second kappa shape index (κ2) is 3.45. The lowest BCUT2D eigenvalue weighted by atomic mass is 10.2. The Morgan fingerprint density at radius 2 is 2.67 bits per heavy atom. The Bertz CT molecular complexity index is 97.2. The second-order valence-corrected chi connectivity index (χ2v) is 2.17. The topological polar surface area (TPSA) is 41.8 Å². The third kappa shape index (κ3) is 2.01. The maximum atomic E-state index is 8.04. The molecule has 1 unspecified atom stereocenters. The summed E-state index contributed by atoms with van der Waals surface area (Å²) in [6.07, 6.45) is 4.78. The van der Waals surface area contributed by atoms with E-state index in [1.165, 1.54) is 6.21 Å². The fraction of sp³-hybridized carbons (Fsp3) is 0.833. The third-order valence-corrected chi connectivity index (χ3v) is 1.47. The molecule has 0 spiro atoms. The highest BCUT2D eigenvalue weighted by atomic mass is 16.5. The summed E-state index contributed by atoms with van der Waals surface area (Å²) >= 11 is 0. The Balaban J connectivity index is 2.11. The van der Waals surface area contributed by atoms with E-state index in [0.717, 1.165) is 25.9 Å². The molecule has 1 atom stereocenters. The van der Waals surface area contributed by atoms with Crippen LogP contribution in [0, 0.1) is 0 Å². The van der Waals surface area contributed by atoms with Crippen LogP contribution in [0.15, 0.2) is 5.16 Å². The zero-order valence-corrected chi connectivity index (χ0v) is 5.29. The van der Waals surface area contributed by atoms with Crippen LogP contribution >= 0.6 is 0 Å². The van der Waals surface area contributed by atoms with Gasteiger partial charge >= 0.3 is 0 Å². The summed E-state index contributed by atoms with van der Waals surface area (Å²) in [4.78, 5) is 0. The predicted molar refractivity (Wildman–Crippen MR) is 33.9 cm³/mol. The van der Waals surface area contributed by atoms with Gasteiger partial charge in [-0.05, 0) is 12.8 Å². The van der Waals surface area contributed by atoms with Crippen LogP contribution in [0.4, 0.5) is 0 Å². The highest BCUT2D eigenvalue weighted by Crippen LogP contribution is 2.13. The summed E-state index contributed by atoms with van der Waals surface area (Å²) in [5.41, 5.74) is 0. The van der Waals surface area contributed by atoms with Crippen molar-refractivity contribution < 1.29 is 9.94 Å². The van der Waals surface area contributed by atoms with Gasteiger partial charge in [0.25, 0.3) is 0 Å². The minimum atomic E-state index is 0.306. The van der Waals surface area contributed by atoms with Gasteiger partial charge in [0.15, 0.2) is 0 Å². The third-order valence-electron chi connectivity index (χ3n) is 1.47. The molecule has 0 saturated carbocycles. The monoisotopic (exact) mass is 129 g/mol. The summed E-state index contributed by atoms with van der Waals surface area (Å²) in [6.45, 7) is 0.865. The van der Waals surface area contributed by atoms with Gasteiger partial charge in [-0.3, -0.25) is 0 Å². The fourth-order valence-electron chi connectivity index (χ4n) is 0.995. The molecule has 1 aliphatic rings. The number of hydrogen-bond donors (Lipinski definition) is 1. The molecular formula is C6H11NO2. The number of ether oxygens (including phenoxy) is 1. The molecule has 0 aliphatic carbocycles. The van der Waals surface area contributed by atoms with Gasteiger partial charge in [0.2, 0.25) is 0 Å². The molecular weight excluding hydrogens is 118 g/mol. The number of rotatable bonds is 2. The lowest BCUT2D eigenvalue weighted by Crippen LogP contribution is -2.04. The summed E-state index contributed by atoms with van der Waals surface area (Å²) in [6, 6.07) is 0. The van der Waals surface area contributed by atoms with Gasteiger partial charge in [-0.1, -0.05) is 0 Å². The molecule has 1 rings (SSSR count). The van der Waals surface area contributed by atoms with Gasteiger partial charge in [-0.2, -0.15) is 0 Å². The van der Waals surface area contributed by atoms with E-state index in [-0.39, 0.29) is 0 Å². The molecule has 0 aromatic rings. The van der Waals surface area contributed by atoms with Gasteiger partial charge in [-0.15, -0.1) is 5.16 Å². The molecule has 0 radical (unpaired) electrons. The van der Waals surface area contributed by atoms with Crippen molar-refractivity contribution in [1.82, 2.24) is 0 Å². The fourth-order valence-corrected chi connectivity index (χ4v) is 0.995. The Kier molecular flexibility index (Phi) is 2.51. The van der Waals surface area contributed by atoms with Crippen molar-refractivity contribution in [3.8, 4) is 0 Å². The maximum absolute atomic E-state index is 8.04. The van der Waals surface area contributed by atoms with E-state index in [4.69, 9.17) is 9.94 Å². The minimum absolute atomic E-state index is 0.306. The van der Waals surface area contributed by atoms with Crippen LogP contribution in [-0.4, -0.2) is 24.1 Å². The van der Waals surface area contributed by atoms with Gasteiger partial charge in [0.05, 0.1) is 6.10 Å². The molecule has 0 bridgehead atoms. The summed E-state index contributed by atoms with van der Waals surface area (Å²) in [5, 5.41) is 10.9. The summed E-state index contributed by atoms with van der Waals surface area (Å²) in [5.74, 6) is 0. The van der Waals surface area contributed by atoms with Crippen LogP contribution in [0.25, 0.3) is 0 Å². The van der Waals surface area contributed by atoms with Gasteiger partial charge in [0, 0.05) is 19.2 Å². The number of nitrogens with zero attached hydrogens (tertiary/aromatic N) is 1. The van der Waals surface area contributed by atoms with E-state index in [0.29, 0.717) is 6.10 Å². The molecule has 1 N–H and O–H groups in total. The summed E-state index contributed by atoms with van der Waals surface area (Å²) in [7, 11) is 0. The zero-order valence-electron chi connectivity index (χ0n) is 5.29. The molecule has 3 nitrogen and oxygen atoms in total. The molecule has 1 fully saturated rings. The largest absolute Gasteiger partial charge is 0.411 e. The lowest BCUT2D eigenvalue weighted by molar-refractivity contribution is 0.117. The molecule has 1 aliphatic heterocycles. The Hall–Kier alpha value is -0.570. The van der Waals surface area contributed by atoms with Crippen LogP contribution in [0.5, 0.6) is 0 Å². The predicted octanol–water partition coefficient (Wildman–Crippen LogP) is 1.02. The first-order valence-corrected chi connectivity index (χ1v) is 3.21. The molecule has 3 heteroatoms. The average Bonchev–Trinajstić information content (AvgIpc) is 2.34. The van der Waals surface area contributed by atoms with Crippen molar-refractivity contribution in [3.05, 3.63) is 0 Å². The molecule has 9 heavy (non-hydrogen) atoms. The molecule has 1 saturated heterocycles.